The molecule has 0 aliphatic rings. The number of aryl methyl sites for hydroxylation is 1. The van der Waals surface area contributed by atoms with Crippen LogP contribution in [0.15, 0.2) is 59.1 Å². The minimum Gasteiger partial charge on any atom is -0.381 e. The van der Waals surface area contributed by atoms with Gasteiger partial charge in [-0.2, -0.15) is 0 Å². The van der Waals surface area contributed by atoms with Crippen molar-refractivity contribution in [3.05, 3.63) is 70.2 Å². The highest BCUT2D eigenvalue weighted by atomic mass is 79.9. The van der Waals surface area contributed by atoms with Crippen LogP contribution in [0.2, 0.25) is 0 Å². The Kier molecular flexibility index (Phi) is 4.59. The molecule has 0 unspecified atom stereocenters. The van der Waals surface area contributed by atoms with E-state index in [1.807, 2.05) is 18.2 Å². The number of rotatable bonds is 4. The van der Waals surface area contributed by atoms with Crippen LogP contribution in [0.3, 0.4) is 0 Å². The zero-order valence-electron chi connectivity index (χ0n) is 10.4. The molecule has 1 N–H and O–H groups in total. The first-order valence-corrected chi connectivity index (χ1v) is 6.76. The number of hydrogen-bond donors (Lipinski definition) is 1. The van der Waals surface area contributed by atoms with Crippen molar-refractivity contribution in [2.75, 3.05) is 11.9 Å². The molecule has 0 saturated heterocycles. The molecule has 0 spiro atoms. The molecule has 2 aromatic carbocycles. The predicted octanol–water partition coefficient (Wildman–Crippen LogP) is 4.88. The molecule has 0 amide bonds. The van der Waals surface area contributed by atoms with Crippen molar-refractivity contribution < 1.29 is 0 Å². The third kappa shape index (κ3) is 3.74. The molecule has 0 aromatic heterocycles. The van der Waals surface area contributed by atoms with Gasteiger partial charge >= 0.3 is 0 Å². The van der Waals surface area contributed by atoms with Gasteiger partial charge in [0.2, 0.25) is 0 Å². The van der Waals surface area contributed by atoms with Gasteiger partial charge in [-0.15, -0.1) is 0 Å². The average molecular weight is 302 g/mol. The van der Waals surface area contributed by atoms with Crippen molar-refractivity contribution in [2.45, 2.75) is 6.92 Å². The minimum absolute atomic E-state index is 0.826. The van der Waals surface area contributed by atoms with Crippen molar-refractivity contribution in [3.63, 3.8) is 0 Å². The summed E-state index contributed by atoms with van der Waals surface area (Å²) in [5, 5.41) is 3.41. The predicted molar refractivity (Wildman–Crippen MR) is 82.8 cm³/mol. The van der Waals surface area contributed by atoms with Gasteiger partial charge in [-0.3, -0.25) is 0 Å². The van der Waals surface area contributed by atoms with Crippen LogP contribution in [0.5, 0.6) is 0 Å². The Labute approximate surface area is 117 Å². The van der Waals surface area contributed by atoms with Crippen LogP contribution in [0.4, 0.5) is 5.69 Å². The van der Waals surface area contributed by atoms with E-state index in [0.29, 0.717) is 0 Å². The van der Waals surface area contributed by atoms with Gasteiger partial charge in [0.15, 0.2) is 0 Å². The summed E-state index contributed by atoms with van der Waals surface area (Å²) in [6.07, 6.45) is 4.26. The Bertz CT molecular complexity index is 532. The minimum atomic E-state index is 0.826. The van der Waals surface area contributed by atoms with Gasteiger partial charge in [0.1, 0.15) is 0 Å². The van der Waals surface area contributed by atoms with Crippen molar-refractivity contribution in [1.82, 2.24) is 0 Å². The van der Waals surface area contributed by atoms with Crippen molar-refractivity contribution in [3.8, 4) is 0 Å². The number of nitrogens with one attached hydrogen (secondary N) is 1. The van der Waals surface area contributed by atoms with Crippen LogP contribution in [0.25, 0.3) is 6.08 Å². The Morgan fingerprint density at radius 2 is 1.89 bits per heavy atom. The highest BCUT2D eigenvalue weighted by molar-refractivity contribution is 9.10. The summed E-state index contributed by atoms with van der Waals surface area (Å²) < 4.78 is 1.10. The summed E-state index contributed by atoms with van der Waals surface area (Å²) in [4.78, 5) is 0. The van der Waals surface area contributed by atoms with E-state index in [0.717, 1.165) is 11.0 Å². The summed E-state index contributed by atoms with van der Waals surface area (Å²) in [5.41, 5.74) is 3.65. The van der Waals surface area contributed by atoms with E-state index in [9.17, 15) is 0 Å². The topological polar surface area (TPSA) is 12.0 Å². The second-order valence-electron chi connectivity index (χ2n) is 4.15. The van der Waals surface area contributed by atoms with Gasteiger partial charge in [0, 0.05) is 16.7 Å². The summed E-state index contributed by atoms with van der Waals surface area (Å²) >= 11 is 3.48. The number of benzene rings is 2. The number of hydrogen-bond acceptors (Lipinski definition) is 1. The average Bonchev–Trinajstić information content (AvgIpc) is 2.40. The molecule has 1 nitrogen and oxygen atoms in total. The first-order valence-electron chi connectivity index (χ1n) is 5.97. The lowest BCUT2D eigenvalue weighted by molar-refractivity contribution is 1.30. The summed E-state index contributed by atoms with van der Waals surface area (Å²) in [5.74, 6) is 0. The SMILES string of the molecule is Cc1ccc(Br)cc1NC/C=C/c1ccccc1. The van der Waals surface area contributed by atoms with Crippen molar-refractivity contribution in [1.29, 1.82) is 0 Å². The monoisotopic (exact) mass is 301 g/mol. The summed E-state index contributed by atoms with van der Waals surface area (Å²) in [6.45, 7) is 2.93. The van der Waals surface area contributed by atoms with Crippen LogP contribution in [-0.2, 0) is 0 Å². The van der Waals surface area contributed by atoms with E-state index in [1.54, 1.807) is 0 Å². The Balaban J connectivity index is 1.92. The fourth-order valence-corrected chi connectivity index (χ4v) is 2.07. The van der Waals surface area contributed by atoms with Crippen molar-refractivity contribution >= 4 is 27.7 Å². The maximum absolute atomic E-state index is 3.48. The molecule has 2 heteroatoms. The van der Waals surface area contributed by atoms with E-state index >= 15 is 0 Å². The van der Waals surface area contributed by atoms with Gasteiger partial charge in [-0.25, -0.2) is 0 Å². The second kappa shape index (κ2) is 6.41. The summed E-state index contributed by atoms with van der Waals surface area (Å²) in [7, 11) is 0. The first-order chi connectivity index (χ1) is 8.75. The second-order valence-corrected chi connectivity index (χ2v) is 5.07. The van der Waals surface area contributed by atoms with E-state index in [4.69, 9.17) is 0 Å². The molecular weight excluding hydrogens is 286 g/mol. The molecule has 2 aromatic rings. The number of anilines is 1. The first kappa shape index (κ1) is 12.9. The fourth-order valence-electron chi connectivity index (χ4n) is 1.71. The normalized spacial score (nSPS) is 10.8. The molecule has 18 heavy (non-hydrogen) atoms. The smallest absolute Gasteiger partial charge is 0.0383 e. The van der Waals surface area contributed by atoms with E-state index in [-0.39, 0.29) is 0 Å². The van der Waals surface area contributed by atoms with Crippen LogP contribution in [0, 0.1) is 6.92 Å². The number of halogens is 1. The third-order valence-electron chi connectivity index (χ3n) is 2.72. The van der Waals surface area contributed by atoms with Gasteiger partial charge in [0.05, 0.1) is 0 Å². The maximum Gasteiger partial charge on any atom is 0.0383 e. The van der Waals surface area contributed by atoms with Crippen molar-refractivity contribution in [2.24, 2.45) is 0 Å². The molecule has 0 aliphatic heterocycles. The molecule has 0 bridgehead atoms. The Hall–Kier alpha value is -1.54. The largest absolute Gasteiger partial charge is 0.381 e. The molecule has 0 heterocycles. The van der Waals surface area contributed by atoms with Gasteiger partial charge in [-0.05, 0) is 30.2 Å². The molecular formula is C16H16BrN. The molecule has 0 saturated carbocycles. The van der Waals surface area contributed by atoms with Gasteiger partial charge in [0.25, 0.3) is 0 Å². The highest BCUT2D eigenvalue weighted by Gasteiger charge is 1.96. The van der Waals surface area contributed by atoms with E-state index in [2.05, 4.69) is 70.7 Å². The fraction of sp³-hybridized carbons (Fsp3) is 0.125. The standard InChI is InChI=1S/C16H16BrN/c1-13-9-10-15(17)12-16(13)18-11-5-8-14-6-3-2-4-7-14/h2-10,12,18H,11H2,1H3/b8-5+. The van der Waals surface area contributed by atoms with Gasteiger partial charge < -0.3 is 5.32 Å². The Morgan fingerprint density at radius 3 is 2.67 bits per heavy atom. The summed E-state index contributed by atoms with van der Waals surface area (Å²) in [6, 6.07) is 16.6. The molecule has 0 atom stereocenters. The quantitative estimate of drug-likeness (QED) is 0.848. The molecule has 0 fully saturated rings. The van der Waals surface area contributed by atoms with E-state index < -0.39 is 0 Å². The highest BCUT2D eigenvalue weighted by Crippen LogP contribution is 2.20. The lowest BCUT2D eigenvalue weighted by Gasteiger charge is -2.07. The van der Waals surface area contributed by atoms with Crippen LogP contribution < -0.4 is 5.32 Å². The molecule has 2 rings (SSSR count). The molecule has 0 aliphatic carbocycles. The lowest BCUT2D eigenvalue weighted by Crippen LogP contribution is -1.99. The third-order valence-corrected chi connectivity index (χ3v) is 3.21. The zero-order chi connectivity index (χ0) is 12.8. The zero-order valence-corrected chi connectivity index (χ0v) is 11.9. The molecule has 92 valence electrons. The van der Waals surface area contributed by atoms with Crippen LogP contribution in [0.1, 0.15) is 11.1 Å². The maximum atomic E-state index is 3.48. The van der Waals surface area contributed by atoms with Crippen LogP contribution in [-0.4, -0.2) is 6.54 Å². The van der Waals surface area contributed by atoms with E-state index in [1.165, 1.54) is 16.8 Å². The Morgan fingerprint density at radius 1 is 1.11 bits per heavy atom. The molecule has 0 radical (unpaired) electrons. The van der Waals surface area contributed by atoms with Gasteiger partial charge in [-0.1, -0.05) is 64.5 Å². The lowest BCUT2D eigenvalue weighted by atomic mass is 10.2. The van der Waals surface area contributed by atoms with Crippen LogP contribution >= 0.6 is 15.9 Å².